The largest absolute Gasteiger partial charge is 0.457 e. The standard InChI is InChI=1S/C59H104O9/c1-3-5-7-9-11-13-15-17-19-21-23-25-26-27-29-31-33-35-37-39-41-43-45-47-49-65-51-53(52-66-59-58(64)57(63)56(62)54(50-60)68-59)67-55(61)48-46-44-42-40-38-36-34-32-30-28-24-22-20-18-16-14-12-10-8-6-4-2/h6,8,12,14,18,20-21,23-24,28,32,34,53-54,56-60,62-64H,3-5,7,9-11,13,15-17,19,22,25-27,29-31,33,35-52H2,1-2H3/b8-6-,14-12-,20-18-,23-21-,28-24-,34-32-. The van der Waals surface area contributed by atoms with E-state index in [9.17, 15) is 25.2 Å². The molecule has 0 saturated carbocycles. The Labute approximate surface area is 417 Å². The molecule has 1 heterocycles. The van der Waals surface area contributed by atoms with Gasteiger partial charge < -0.3 is 39.4 Å². The first-order chi connectivity index (χ1) is 33.4. The van der Waals surface area contributed by atoms with E-state index in [1.54, 1.807) is 0 Å². The molecule has 1 aliphatic rings. The molecule has 1 aliphatic heterocycles. The summed E-state index contributed by atoms with van der Waals surface area (Å²) in [6.07, 6.45) is 59.4. The van der Waals surface area contributed by atoms with Gasteiger partial charge >= 0.3 is 5.97 Å². The van der Waals surface area contributed by atoms with Gasteiger partial charge in [-0.15, -0.1) is 0 Å². The summed E-state index contributed by atoms with van der Waals surface area (Å²) < 4.78 is 22.9. The quantitative estimate of drug-likeness (QED) is 0.0267. The van der Waals surface area contributed by atoms with Gasteiger partial charge in [-0.1, -0.05) is 215 Å². The highest BCUT2D eigenvalue weighted by Crippen LogP contribution is 2.23. The van der Waals surface area contributed by atoms with E-state index in [4.69, 9.17) is 18.9 Å². The molecule has 394 valence electrons. The second kappa shape index (κ2) is 49.6. The van der Waals surface area contributed by atoms with Crippen LogP contribution in [-0.2, 0) is 23.7 Å². The van der Waals surface area contributed by atoms with Crippen molar-refractivity contribution in [3.63, 3.8) is 0 Å². The highest BCUT2D eigenvalue weighted by molar-refractivity contribution is 5.69. The van der Waals surface area contributed by atoms with Crippen LogP contribution >= 0.6 is 0 Å². The van der Waals surface area contributed by atoms with E-state index in [2.05, 4.69) is 86.8 Å². The lowest BCUT2D eigenvalue weighted by Gasteiger charge is -2.39. The fourth-order valence-corrected chi connectivity index (χ4v) is 8.28. The number of esters is 1. The summed E-state index contributed by atoms with van der Waals surface area (Å²) in [4.78, 5) is 12.9. The van der Waals surface area contributed by atoms with Crippen molar-refractivity contribution in [1.82, 2.24) is 0 Å². The Bertz CT molecular complexity index is 1270. The molecule has 6 unspecified atom stereocenters. The van der Waals surface area contributed by atoms with Crippen molar-refractivity contribution < 1.29 is 44.2 Å². The first-order valence-electron chi connectivity index (χ1n) is 28.0. The fourth-order valence-electron chi connectivity index (χ4n) is 8.28. The van der Waals surface area contributed by atoms with Gasteiger partial charge in [0.1, 0.15) is 30.5 Å². The number of hydrogen-bond acceptors (Lipinski definition) is 9. The number of unbranched alkanes of at least 4 members (excludes halogenated alkanes) is 25. The molecule has 1 saturated heterocycles. The van der Waals surface area contributed by atoms with Crippen LogP contribution in [-0.4, -0.2) is 89.6 Å². The zero-order valence-corrected chi connectivity index (χ0v) is 43.6. The van der Waals surface area contributed by atoms with Crippen LogP contribution in [0.4, 0.5) is 0 Å². The Kier molecular flexibility index (Phi) is 46.4. The molecule has 0 radical (unpaired) electrons. The van der Waals surface area contributed by atoms with E-state index in [1.807, 2.05) is 0 Å². The van der Waals surface area contributed by atoms with Crippen molar-refractivity contribution in [2.75, 3.05) is 26.4 Å². The highest BCUT2D eigenvalue weighted by Gasteiger charge is 2.44. The van der Waals surface area contributed by atoms with Crippen molar-refractivity contribution in [3.8, 4) is 0 Å². The molecule has 0 spiro atoms. The monoisotopic (exact) mass is 957 g/mol. The second-order valence-electron chi connectivity index (χ2n) is 19.0. The third-order valence-electron chi connectivity index (χ3n) is 12.6. The molecule has 1 fully saturated rings. The number of allylic oxidation sites excluding steroid dienone is 12. The average Bonchev–Trinajstić information content (AvgIpc) is 3.34. The minimum Gasteiger partial charge on any atom is -0.457 e. The minimum absolute atomic E-state index is 0.124. The van der Waals surface area contributed by atoms with Crippen molar-refractivity contribution in [2.45, 2.75) is 269 Å². The lowest BCUT2D eigenvalue weighted by molar-refractivity contribution is -0.305. The Morgan fingerprint density at radius 1 is 0.485 bits per heavy atom. The predicted molar refractivity (Wildman–Crippen MR) is 284 cm³/mol. The molecule has 0 aromatic rings. The molecule has 6 atom stereocenters. The SMILES string of the molecule is CC/C=C\C/C=C\C/C=C\C/C=C\C/C=C\CCCCCCCC(=O)OC(COCCCCCCCCCCCCCC/C=C\CCCCCCCCCC)COC1OC(CO)C(O)C(O)C1O. The van der Waals surface area contributed by atoms with E-state index in [0.29, 0.717) is 13.0 Å². The van der Waals surface area contributed by atoms with Gasteiger partial charge in [-0.25, -0.2) is 0 Å². The molecule has 0 aromatic heterocycles. The molecule has 4 N–H and O–H groups in total. The molecule has 9 nitrogen and oxygen atoms in total. The summed E-state index contributed by atoms with van der Waals surface area (Å²) in [5.74, 6) is -0.331. The van der Waals surface area contributed by atoms with Gasteiger partial charge in [0.05, 0.1) is 19.8 Å². The van der Waals surface area contributed by atoms with Crippen LogP contribution in [0.5, 0.6) is 0 Å². The molecule has 0 amide bonds. The Morgan fingerprint density at radius 3 is 1.37 bits per heavy atom. The smallest absolute Gasteiger partial charge is 0.306 e. The number of ether oxygens (including phenoxy) is 4. The maximum absolute atomic E-state index is 12.9. The number of hydrogen-bond donors (Lipinski definition) is 4. The highest BCUT2D eigenvalue weighted by atomic mass is 16.7. The second-order valence-corrected chi connectivity index (χ2v) is 19.0. The average molecular weight is 957 g/mol. The Balaban J connectivity index is 2.19. The van der Waals surface area contributed by atoms with Gasteiger partial charge in [0.2, 0.25) is 0 Å². The van der Waals surface area contributed by atoms with E-state index in [1.165, 1.54) is 128 Å². The number of rotatable bonds is 48. The third kappa shape index (κ3) is 39.4. The van der Waals surface area contributed by atoms with Gasteiger partial charge in [-0.3, -0.25) is 4.79 Å². The van der Waals surface area contributed by atoms with Crippen LogP contribution in [0.25, 0.3) is 0 Å². The molecule has 0 aromatic carbocycles. The summed E-state index contributed by atoms with van der Waals surface area (Å²) in [5, 5.41) is 40.3. The molecule has 9 heteroatoms. The normalized spacial score (nSPS) is 19.6. The van der Waals surface area contributed by atoms with Gasteiger partial charge in [0.25, 0.3) is 0 Å². The van der Waals surface area contributed by atoms with Crippen molar-refractivity contribution in [2.24, 2.45) is 0 Å². The molecule has 0 bridgehead atoms. The summed E-state index contributed by atoms with van der Waals surface area (Å²) in [6, 6.07) is 0. The fraction of sp³-hybridized carbons (Fsp3) is 0.780. The maximum atomic E-state index is 12.9. The van der Waals surface area contributed by atoms with Crippen LogP contribution in [0.1, 0.15) is 232 Å². The molecule has 68 heavy (non-hydrogen) atoms. The first-order valence-corrected chi connectivity index (χ1v) is 28.0. The summed E-state index contributed by atoms with van der Waals surface area (Å²) in [6.45, 7) is 4.44. The van der Waals surface area contributed by atoms with Gasteiger partial charge in [0.15, 0.2) is 6.29 Å². The topological polar surface area (TPSA) is 135 Å². The number of carbonyl (C=O) groups excluding carboxylic acids is 1. The Hall–Kier alpha value is -2.37. The lowest BCUT2D eigenvalue weighted by atomic mass is 9.99. The third-order valence-corrected chi connectivity index (χ3v) is 12.6. The molecular formula is C59H104O9. The van der Waals surface area contributed by atoms with Gasteiger partial charge in [0, 0.05) is 13.0 Å². The first kappa shape index (κ1) is 63.6. The van der Waals surface area contributed by atoms with Crippen molar-refractivity contribution >= 4 is 5.97 Å². The molecule has 1 rings (SSSR count). The van der Waals surface area contributed by atoms with Crippen LogP contribution in [0.3, 0.4) is 0 Å². The zero-order chi connectivity index (χ0) is 49.2. The summed E-state index contributed by atoms with van der Waals surface area (Å²) in [5.41, 5.74) is 0. The zero-order valence-electron chi connectivity index (χ0n) is 43.6. The van der Waals surface area contributed by atoms with E-state index < -0.39 is 43.4 Å². The van der Waals surface area contributed by atoms with Crippen LogP contribution < -0.4 is 0 Å². The minimum atomic E-state index is -1.54. The Morgan fingerprint density at radius 2 is 0.897 bits per heavy atom. The van der Waals surface area contributed by atoms with Crippen molar-refractivity contribution in [3.05, 3.63) is 72.9 Å². The van der Waals surface area contributed by atoms with E-state index in [0.717, 1.165) is 83.5 Å². The summed E-state index contributed by atoms with van der Waals surface area (Å²) >= 11 is 0. The van der Waals surface area contributed by atoms with Gasteiger partial charge in [-0.2, -0.15) is 0 Å². The summed E-state index contributed by atoms with van der Waals surface area (Å²) in [7, 11) is 0. The predicted octanol–water partition coefficient (Wildman–Crippen LogP) is 14.4. The van der Waals surface area contributed by atoms with Gasteiger partial charge in [-0.05, 0) is 83.5 Å². The van der Waals surface area contributed by atoms with E-state index in [-0.39, 0.29) is 19.2 Å². The van der Waals surface area contributed by atoms with Crippen LogP contribution in [0, 0.1) is 0 Å². The lowest BCUT2D eigenvalue weighted by Crippen LogP contribution is -2.59. The maximum Gasteiger partial charge on any atom is 0.306 e. The van der Waals surface area contributed by atoms with Crippen LogP contribution in [0.15, 0.2) is 72.9 Å². The molecular weight excluding hydrogens is 853 g/mol. The van der Waals surface area contributed by atoms with Crippen LogP contribution in [0.2, 0.25) is 0 Å². The van der Waals surface area contributed by atoms with Crippen molar-refractivity contribution in [1.29, 1.82) is 0 Å². The van der Waals surface area contributed by atoms with E-state index >= 15 is 0 Å². The number of aliphatic hydroxyl groups is 4. The molecule has 0 aliphatic carbocycles. The number of carbonyl (C=O) groups is 1. The number of aliphatic hydroxyl groups excluding tert-OH is 4.